The van der Waals surface area contributed by atoms with Gasteiger partial charge in [0.1, 0.15) is 5.82 Å². The molecule has 1 aromatic heterocycles. The second-order valence-corrected chi connectivity index (χ2v) is 21.8. The molecule has 0 radical (unpaired) electrons. The maximum absolute atomic E-state index is 6.97. The molecule has 0 saturated heterocycles. The zero-order valence-electron chi connectivity index (χ0n) is 43.7. The number of benzene rings is 6. The number of aliphatic imine (C=N–C) groups is 1. The van der Waals surface area contributed by atoms with E-state index in [-0.39, 0.29) is 44.0 Å². The average Bonchev–Trinajstić information content (AvgIpc) is 3.69. The van der Waals surface area contributed by atoms with Gasteiger partial charge in [-0.3, -0.25) is 0 Å². The summed E-state index contributed by atoms with van der Waals surface area (Å²) >= 11 is 0. The first-order chi connectivity index (χ1) is 32.1. The van der Waals surface area contributed by atoms with Crippen LogP contribution in [0, 0.1) is 95.2 Å². The molecule has 0 spiro atoms. The molecule has 6 aromatic carbocycles. The summed E-state index contributed by atoms with van der Waals surface area (Å²) < 4.78 is 6.97. The first kappa shape index (κ1) is 48.3. The molecule has 69 heavy (non-hydrogen) atoms. The topological polar surface area (TPSA) is 41.0 Å². The minimum Gasteiger partial charge on any atom is -0.503 e. The zero-order chi connectivity index (χ0) is 48.6. The van der Waals surface area contributed by atoms with E-state index in [9.17, 15) is 0 Å². The monoisotopic (exact) mass is 1090 g/mol. The maximum atomic E-state index is 6.97. The van der Waals surface area contributed by atoms with Crippen LogP contribution in [0.3, 0.4) is 0 Å². The predicted octanol–water partition coefficient (Wildman–Crippen LogP) is 16.3. The Labute approximate surface area is 426 Å². The van der Waals surface area contributed by atoms with Gasteiger partial charge in [-0.1, -0.05) is 89.7 Å². The van der Waals surface area contributed by atoms with Crippen molar-refractivity contribution >= 4 is 28.7 Å². The van der Waals surface area contributed by atoms with Crippen LogP contribution >= 0.6 is 0 Å². The van der Waals surface area contributed by atoms with E-state index in [1.165, 1.54) is 100 Å². The summed E-state index contributed by atoms with van der Waals surface area (Å²) in [5.41, 5.74) is 28.5. The number of aromatic nitrogens is 1. The summed E-state index contributed by atoms with van der Waals surface area (Å²) in [6.07, 6.45) is 1.93. The van der Waals surface area contributed by atoms with Crippen molar-refractivity contribution in [3.63, 3.8) is 0 Å². The van der Waals surface area contributed by atoms with Crippen LogP contribution in [0.1, 0.15) is 147 Å². The molecule has 0 amide bonds. The van der Waals surface area contributed by atoms with E-state index < -0.39 is 0 Å². The molecule has 5 nitrogen and oxygen atoms in total. The Morgan fingerprint density at radius 2 is 1.22 bits per heavy atom. The zero-order valence-corrected chi connectivity index (χ0v) is 45.9. The summed E-state index contributed by atoms with van der Waals surface area (Å²) in [4.78, 5) is 15.8. The summed E-state index contributed by atoms with van der Waals surface area (Å²) in [5.74, 6) is 3.01. The van der Waals surface area contributed by atoms with Crippen molar-refractivity contribution < 1.29 is 25.8 Å². The van der Waals surface area contributed by atoms with E-state index in [1.54, 1.807) is 0 Å². The number of anilines is 4. The van der Waals surface area contributed by atoms with Crippen molar-refractivity contribution in [1.29, 1.82) is 0 Å². The fraction of sp³-hybridized carbons (Fsp3) is 0.333. The molecule has 0 N–H and O–H groups in total. The number of para-hydroxylation sites is 1. The van der Waals surface area contributed by atoms with E-state index in [1.807, 2.05) is 6.20 Å². The van der Waals surface area contributed by atoms with Crippen molar-refractivity contribution in [3.05, 3.63) is 191 Å². The summed E-state index contributed by atoms with van der Waals surface area (Å²) in [7, 11) is 0. The predicted molar refractivity (Wildman–Crippen MR) is 284 cm³/mol. The second-order valence-electron chi connectivity index (χ2n) is 21.8. The van der Waals surface area contributed by atoms with Gasteiger partial charge in [0, 0.05) is 29.1 Å². The molecule has 0 unspecified atom stereocenters. The minimum absolute atomic E-state index is 0. The van der Waals surface area contributed by atoms with E-state index in [0.29, 0.717) is 11.5 Å². The molecule has 10 rings (SSSR count). The van der Waals surface area contributed by atoms with Crippen molar-refractivity contribution in [1.82, 2.24) is 4.98 Å². The molecule has 7 aromatic rings. The maximum Gasteiger partial charge on any atom is 2.00 e. The standard InChI is InChI=1S/C63H66N4O.Pt/c1-33-26-45(30-48(27-33)68-47-22-23-52-54(32-47)66(53-21-19-18-20-51(53)63(52,16)17)55-31-46(24-25-64-55)62(13,14)15)61-65-58-49-28-34(2)36(4)41(9)56(49)57-42(10)37(5)35(3)29-50(57)60(58)67(61)59-43(11)39(7)38(6)40(8)44(59)12;/h18-29,31,58,60H,1-17H3;/q-2;+2/t58-,60+;/m1./s1. The Hall–Kier alpha value is -5.77. The molecule has 0 bridgehead atoms. The van der Waals surface area contributed by atoms with Crippen LogP contribution in [-0.4, -0.2) is 10.8 Å². The molecule has 1 aliphatic carbocycles. The Morgan fingerprint density at radius 3 is 1.87 bits per heavy atom. The SMILES string of the molecule is Cc1cc(Oc2[c-]c3c(cc2)C(C)(C)c2ccccc2N3c2cc(C(C)(C)C)ccn2)[c-]c(C2=N[C@@H]3c4cc(C)c(C)c(C)c4-c4c(cc(C)c(C)c4C)[C@@H]3N2c2c(C)c(C)c(C)c(C)c2C)c1.[Pt+2]. The van der Waals surface area contributed by atoms with Gasteiger partial charge < -0.3 is 19.5 Å². The Morgan fingerprint density at radius 1 is 0.609 bits per heavy atom. The largest absolute Gasteiger partial charge is 2.00 e. The molecule has 2 atom stereocenters. The number of hydrogen-bond donors (Lipinski definition) is 0. The number of rotatable bonds is 5. The second kappa shape index (κ2) is 17.0. The Balaban J connectivity index is 0.00000593. The smallest absolute Gasteiger partial charge is 0.503 e. The molecule has 0 fully saturated rings. The average molecular weight is 1090 g/mol. The number of nitrogens with zero attached hydrogens (tertiary/aromatic N) is 4. The summed E-state index contributed by atoms with van der Waals surface area (Å²) in [6.45, 7) is 38.6. The third-order valence-electron chi connectivity index (χ3n) is 16.4. The van der Waals surface area contributed by atoms with E-state index in [2.05, 4.69) is 212 Å². The molecule has 3 heterocycles. The van der Waals surface area contributed by atoms with Gasteiger partial charge in [-0.25, -0.2) is 4.98 Å². The van der Waals surface area contributed by atoms with Gasteiger partial charge in [0.15, 0.2) is 0 Å². The molecular formula is C63H66N4OPt. The summed E-state index contributed by atoms with van der Waals surface area (Å²) in [5, 5.41) is 0. The van der Waals surface area contributed by atoms with Gasteiger partial charge in [0.2, 0.25) is 0 Å². The molecule has 354 valence electrons. The van der Waals surface area contributed by atoms with Crippen LogP contribution in [0.4, 0.5) is 22.9 Å². The normalized spacial score (nSPS) is 16.5. The van der Waals surface area contributed by atoms with Crippen LogP contribution in [0.2, 0.25) is 0 Å². The van der Waals surface area contributed by atoms with Gasteiger partial charge in [-0.2, -0.15) is 6.07 Å². The van der Waals surface area contributed by atoms with Gasteiger partial charge in [0.25, 0.3) is 0 Å². The van der Waals surface area contributed by atoms with E-state index in [4.69, 9.17) is 14.7 Å². The van der Waals surface area contributed by atoms with Gasteiger partial charge in [0.05, 0.1) is 17.9 Å². The number of ether oxygens (including phenoxy) is 1. The van der Waals surface area contributed by atoms with Crippen LogP contribution in [0.15, 0.2) is 84.0 Å². The third kappa shape index (κ3) is 7.44. The number of pyridine rings is 1. The number of fused-ring (bicyclic) bond motifs is 8. The van der Waals surface area contributed by atoms with Gasteiger partial charge >= 0.3 is 21.1 Å². The first-order valence-electron chi connectivity index (χ1n) is 24.4. The van der Waals surface area contributed by atoms with Crippen molar-refractivity contribution in [3.8, 4) is 22.6 Å². The number of amidine groups is 1. The molecule has 6 heteroatoms. The first-order valence-corrected chi connectivity index (χ1v) is 24.4. The van der Waals surface area contributed by atoms with Crippen LogP contribution < -0.4 is 14.5 Å². The minimum atomic E-state index is -0.283. The van der Waals surface area contributed by atoms with E-state index in [0.717, 1.165) is 39.7 Å². The molecule has 3 aliphatic rings. The molecule has 2 aliphatic heterocycles. The van der Waals surface area contributed by atoms with Crippen molar-refractivity contribution in [2.24, 2.45) is 4.99 Å². The van der Waals surface area contributed by atoms with Gasteiger partial charge in [-0.05, 0) is 200 Å². The van der Waals surface area contributed by atoms with Crippen LogP contribution in [0.5, 0.6) is 11.5 Å². The third-order valence-corrected chi connectivity index (χ3v) is 16.4. The fourth-order valence-corrected chi connectivity index (χ4v) is 11.6. The molecule has 0 saturated carbocycles. The van der Waals surface area contributed by atoms with Crippen molar-refractivity contribution in [2.75, 3.05) is 9.80 Å². The number of hydrogen-bond acceptors (Lipinski definition) is 5. The fourth-order valence-electron chi connectivity index (χ4n) is 11.6. The number of aryl methyl sites for hydroxylation is 3. The quantitative estimate of drug-likeness (QED) is 0.161. The van der Waals surface area contributed by atoms with E-state index >= 15 is 0 Å². The van der Waals surface area contributed by atoms with Crippen LogP contribution in [-0.2, 0) is 31.9 Å². The van der Waals surface area contributed by atoms with Crippen molar-refractivity contribution in [2.45, 2.75) is 141 Å². The van der Waals surface area contributed by atoms with Crippen LogP contribution in [0.25, 0.3) is 11.1 Å². The Kier molecular flexibility index (Phi) is 11.9. The summed E-state index contributed by atoms with van der Waals surface area (Å²) in [6, 6.07) is 33.9. The Bertz CT molecular complexity index is 3300. The molecular weight excluding hydrogens is 1020 g/mol. The van der Waals surface area contributed by atoms with Gasteiger partial charge in [-0.15, -0.1) is 34.9 Å².